The number of hydrogen-bond acceptors (Lipinski definition) is 6. The Bertz CT molecular complexity index is 1730. The minimum atomic E-state index is -4.04. The van der Waals surface area contributed by atoms with Crippen molar-refractivity contribution in [2.24, 2.45) is 7.05 Å². The van der Waals surface area contributed by atoms with Crippen LogP contribution >= 0.6 is 0 Å². The molecule has 2 N–H and O–H groups in total. The van der Waals surface area contributed by atoms with Crippen LogP contribution in [0.3, 0.4) is 0 Å². The van der Waals surface area contributed by atoms with Crippen molar-refractivity contribution >= 4 is 76.4 Å². The summed E-state index contributed by atoms with van der Waals surface area (Å²) in [4.78, 5) is 25.4. The van der Waals surface area contributed by atoms with Crippen molar-refractivity contribution in [3.63, 3.8) is 0 Å². The van der Waals surface area contributed by atoms with E-state index in [-0.39, 0.29) is 54.3 Å². The zero-order chi connectivity index (χ0) is 29.1. The van der Waals surface area contributed by atoms with Crippen molar-refractivity contribution in [3.05, 3.63) is 89.1 Å². The quantitative estimate of drug-likeness (QED) is 0.260. The number of fused-ring (bicyclic) bond motifs is 1. The molecule has 2 radical (unpaired) electrons. The van der Waals surface area contributed by atoms with E-state index in [1.54, 1.807) is 37.3 Å². The van der Waals surface area contributed by atoms with E-state index in [0.717, 1.165) is 47.7 Å². The summed E-state index contributed by atoms with van der Waals surface area (Å²) in [7, 11) is -0.583. The smallest absolute Gasteiger partial charge is 0.411 e. The van der Waals surface area contributed by atoms with Crippen LogP contribution in [0.1, 0.15) is 52.7 Å². The van der Waals surface area contributed by atoms with Gasteiger partial charge in [0.05, 0.1) is 12.0 Å². The summed E-state index contributed by atoms with van der Waals surface area (Å²) < 4.78 is 40.9. The van der Waals surface area contributed by atoms with Crippen LogP contribution in [-0.2, 0) is 28.2 Å². The van der Waals surface area contributed by atoms with E-state index in [4.69, 9.17) is 9.47 Å². The van der Waals surface area contributed by atoms with Gasteiger partial charge in [-0.2, -0.15) is 0 Å². The molecule has 11 heteroatoms. The standard InChI is InChI=1S/C31H33N3O6S.Ca/c1-20-8-4-7-11-29(20)41(37,38)33-30(35)22-13-12-21(28(17-22)39-3)16-23-19-34(2)27-15-14-24(18-26(23)27)32-31(36)40-25-9-5-6-10-25;/h4,7-8,11-15,17-19,25H,5-6,9-10,16H2,1-3H3,(H,32,36)(H,33,35);. The van der Waals surface area contributed by atoms with Crippen molar-refractivity contribution in [2.45, 2.75) is 50.0 Å². The SMILES string of the molecule is COc1cc(C(=O)NS(=O)(=O)c2ccccc2C)ccc1Cc1cn(C)c2ccc(NC(=O)OC3CCCC3)cc12.[Ca]. The molecule has 216 valence electrons. The first-order valence-electron chi connectivity index (χ1n) is 13.5. The van der Waals surface area contributed by atoms with Crippen LogP contribution in [0.2, 0.25) is 0 Å². The van der Waals surface area contributed by atoms with Crippen LogP contribution in [0, 0.1) is 6.92 Å². The molecule has 2 amide bonds. The van der Waals surface area contributed by atoms with E-state index in [2.05, 4.69) is 10.0 Å². The Morgan fingerprint density at radius 1 is 1.00 bits per heavy atom. The summed E-state index contributed by atoms with van der Waals surface area (Å²) in [6, 6.07) is 17.1. The number of anilines is 1. The maximum absolute atomic E-state index is 12.9. The molecule has 1 fully saturated rings. The number of sulfonamides is 1. The molecule has 1 saturated carbocycles. The van der Waals surface area contributed by atoms with Crippen molar-refractivity contribution in [2.75, 3.05) is 12.4 Å². The van der Waals surface area contributed by atoms with E-state index in [9.17, 15) is 18.0 Å². The number of methoxy groups -OCH3 is 1. The first kappa shape index (κ1) is 31.9. The molecule has 0 saturated heterocycles. The zero-order valence-corrected chi connectivity index (χ0v) is 27.0. The Kier molecular flexibility index (Phi) is 10.2. The van der Waals surface area contributed by atoms with Gasteiger partial charge >= 0.3 is 6.09 Å². The average molecular weight is 616 g/mol. The number of hydrogen-bond donors (Lipinski definition) is 2. The van der Waals surface area contributed by atoms with Gasteiger partial charge in [0.2, 0.25) is 0 Å². The largest absolute Gasteiger partial charge is 0.496 e. The van der Waals surface area contributed by atoms with Crippen molar-refractivity contribution in [1.82, 2.24) is 9.29 Å². The van der Waals surface area contributed by atoms with Gasteiger partial charge in [0.15, 0.2) is 0 Å². The summed E-state index contributed by atoms with van der Waals surface area (Å²) in [6.07, 6.45) is 6.00. The fourth-order valence-electron chi connectivity index (χ4n) is 5.33. The molecule has 0 atom stereocenters. The van der Waals surface area contributed by atoms with E-state index in [0.29, 0.717) is 23.4 Å². The van der Waals surface area contributed by atoms with E-state index in [1.165, 1.54) is 19.2 Å². The minimum absolute atomic E-state index is 0. The van der Waals surface area contributed by atoms with Crippen molar-refractivity contribution in [3.8, 4) is 5.75 Å². The van der Waals surface area contributed by atoms with Crippen LogP contribution in [0.5, 0.6) is 5.75 Å². The number of benzene rings is 3. The van der Waals surface area contributed by atoms with E-state index in [1.807, 2.05) is 36.0 Å². The molecule has 5 rings (SSSR count). The van der Waals surface area contributed by atoms with Crippen LogP contribution in [0.25, 0.3) is 10.9 Å². The molecule has 0 unspecified atom stereocenters. The third-order valence-electron chi connectivity index (χ3n) is 7.43. The molecule has 3 aromatic carbocycles. The molecular formula is C31H33CaN3O6S. The predicted octanol–water partition coefficient (Wildman–Crippen LogP) is 5.32. The topological polar surface area (TPSA) is 116 Å². The zero-order valence-electron chi connectivity index (χ0n) is 24.0. The normalized spacial score (nSPS) is 13.4. The van der Waals surface area contributed by atoms with E-state index >= 15 is 0 Å². The first-order valence-corrected chi connectivity index (χ1v) is 15.0. The van der Waals surface area contributed by atoms with Crippen LogP contribution in [0.4, 0.5) is 10.5 Å². The second-order valence-corrected chi connectivity index (χ2v) is 12.0. The fourth-order valence-corrected chi connectivity index (χ4v) is 6.55. The Balaban J connectivity index is 0.00000405. The molecular weight excluding hydrogens is 583 g/mol. The van der Waals surface area contributed by atoms with Gasteiger partial charge in [0.25, 0.3) is 15.9 Å². The van der Waals surface area contributed by atoms with Crippen LogP contribution in [-0.4, -0.2) is 75.9 Å². The number of rotatable bonds is 8. The van der Waals surface area contributed by atoms with E-state index < -0.39 is 22.0 Å². The Labute approximate surface area is 275 Å². The summed E-state index contributed by atoms with van der Waals surface area (Å²) in [5.74, 6) is -0.291. The summed E-state index contributed by atoms with van der Waals surface area (Å²) >= 11 is 0. The maximum atomic E-state index is 12.9. The molecule has 0 aliphatic heterocycles. The Morgan fingerprint density at radius 3 is 2.45 bits per heavy atom. The molecule has 4 aromatic rings. The summed E-state index contributed by atoms with van der Waals surface area (Å²) in [6.45, 7) is 1.67. The molecule has 1 aliphatic carbocycles. The Hall–Kier alpha value is -3.05. The molecule has 0 spiro atoms. The van der Waals surface area contributed by atoms with Gasteiger partial charge in [-0.05, 0) is 85.7 Å². The third kappa shape index (κ3) is 7.11. The van der Waals surface area contributed by atoms with Gasteiger partial charge in [-0.15, -0.1) is 0 Å². The van der Waals surface area contributed by atoms with Crippen LogP contribution < -0.4 is 14.8 Å². The van der Waals surface area contributed by atoms with Gasteiger partial charge in [-0.25, -0.2) is 17.9 Å². The predicted molar refractivity (Wildman–Crippen MR) is 163 cm³/mol. The minimum Gasteiger partial charge on any atom is -0.496 e. The number of nitrogens with zero attached hydrogens (tertiary/aromatic N) is 1. The number of carbonyl (C=O) groups excluding carboxylic acids is 2. The summed E-state index contributed by atoms with van der Waals surface area (Å²) in [5.41, 5.74) is 4.14. The number of ether oxygens (including phenoxy) is 2. The average Bonchev–Trinajstić information content (AvgIpc) is 3.56. The van der Waals surface area contributed by atoms with Crippen molar-refractivity contribution in [1.29, 1.82) is 0 Å². The van der Waals surface area contributed by atoms with Gasteiger partial charge in [-0.1, -0.05) is 24.3 Å². The molecule has 1 aromatic heterocycles. The molecule has 1 aliphatic rings. The molecule has 9 nitrogen and oxygen atoms in total. The monoisotopic (exact) mass is 615 g/mol. The molecule has 42 heavy (non-hydrogen) atoms. The van der Waals surface area contributed by atoms with Gasteiger partial charge in [0.1, 0.15) is 11.9 Å². The second kappa shape index (κ2) is 13.5. The Morgan fingerprint density at radius 2 is 1.74 bits per heavy atom. The van der Waals surface area contributed by atoms with Gasteiger partial charge in [-0.3, -0.25) is 10.1 Å². The third-order valence-corrected chi connectivity index (χ3v) is 8.93. The summed E-state index contributed by atoms with van der Waals surface area (Å²) in [5, 5.41) is 3.81. The molecule has 0 bridgehead atoms. The van der Waals surface area contributed by atoms with Crippen LogP contribution in [0.15, 0.2) is 71.8 Å². The van der Waals surface area contributed by atoms with Gasteiger partial charge in [0, 0.05) is 79.6 Å². The fraction of sp³-hybridized carbons (Fsp3) is 0.290. The van der Waals surface area contributed by atoms with Gasteiger partial charge < -0.3 is 14.0 Å². The second-order valence-electron chi connectivity index (χ2n) is 10.3. The number of nitrogens with one attached hydrogen (secondary N) is 2. The number of carbonyl (C=O) groups is 2. The van der Waals surface area contributed by atoms with Crippen molar-refractivity contribution < 1.29 is 27.5 Å². The number of aryl methyl sites for hydroxylation is 2. The molecule has 1 heterocycles. The number of amides is 2. The first-order chi connectivity index (χ1) is 19.6. The maximum Gasteiger partial charge on any atom is 0.411 e. The number of aromatic nitrogens is 1.